The molecule has 4 heteroatoms. The number of aromatic nitrogens is 2. The van der Waals surface area contributed by atoms with E-state index in [0.717, 1.165) is 43.1 Å². The van der Waals surface area contributed by atoms with E-state index >= 15 is 0 Å². The van der Waals surface area contributed by atoms with Crippen LogP contribution in [0, 0.1) is 12.8 Å². The van der Waals surface area contributed by atoms with Gasteiger partial charge in [-0.25, -0.2) is 9.97 Å². The highest BCUT2D eigenvalue weighted by Crippen LogP contribution is 2.25. The first-order valence-corrected chi connectivity index (χ1v) is 9.49. The van der Waals surface area contributed by atoms with Gasteiger partial charge >= 0.3 is 0 Å². The van der Waals surface area contributed by atoms with E-state index in [4.69, 9.17) is 4.98 Å². The van der Waals surface area contributed by atoms with Crippen LogP contribution in [0.5, 0.6) is 0 Å². The molecule has 1 aromatic heterocycles. The molecule has 128 valence electrons. The minimum absolute atomic E-state index is 0.770. The maximum Gasteiger partial charge on any atom is 0.132 e. The van der Waals surface area contributed by atoms with Crippen molar-refractivity contribution in [2.75, 3.05) is 31.1 Å². The number of aryl methyl sites for hydroxylation is 2. The van der Waals surface area contributed by atoms with E-state index in [2.05, 4.69) is 34.7 Å². The van der Waals surface area contributed by atoms with Crippen molar-refractivity contribution in [1.29, 1.82) is 0 Å². The van der Waals surface area contributed by atoms with Gasteiger partial charge in [0, 0.05) is 37.4 Å². The Morgan fingerprint density at radius 2 is 2.00 bits per heavy atom. The number of rotatable bonds is 4. The number of hydrogen-bond donors (Lipinski definition) is 0. The van der Waals surface area contributed by atoms with Crippen LogP contribution in [-0.2, 0) is 6.42 Å². The first kappa shape index (κ1) is 16.7. The fourth-order valence-electron chi connectivity index (χ4n) is 4.14. The SMILES string of the molecule is CCc1cc(N2CCCC(CN3CCCCC3C)C2)nc(C)n1. The lowest BCUT2D eigenvalue weighted by atomic mass is 9.94. The summed E-state index contributed by atoms with van der Waals surface area (Å²) in [6, 6.07) is 2.96. The van der Waals surface area contributed by atoms with Crippen LogP contribution in [0.3, 0.4) is 0 Å². The molecule has 3 rings (SSSR count). The number of likely N-dealkylation sites (tertiary alicyclic amines) is 1. The van der Waals surface area contributed by atoms with Gasteiger partial charge in [0.25, 0.3) is 0 Å². The van der Waals surface area contributed by atoms with Crippen LogP contribution < -0.4 is 4.90 Å². The lowest BCUT2D eigenvalue weighted by Crippen LogP contribution is -2.45. The summed E-state index contributed by atoms with van der Waals surface area (Å²) >= 11 is 0. The third-order valence-electron chi connectivity index (χ3n) is 5.52. The largest absolute Gasteiger partial charge is 0.356 e. The molecule has 0 spiro atoms. The van der Waals surface area contributed by atoms with Gasteiger partial charge in [0.05, 0.1) is 0 Å². The summed E-state index contributed by atoms with van der Waals surface area (Å²) in [7, 11) is 0. The zero-order valence-corrected chi connectivity index (χ0v) is 15.1. The lowest BCUT2D eigenvalue weighted by Gasteiger charge is -2.40. The summed E-state index contributed by atoms with van der Waals surface area (Å²) < 4.78 is 0. The maximum absolute atomic E-state index is 4.70. The molecule has 3 heterocycles. The Kier molecular flexibility index (Phi) is 5.52. The molecule has 0 bridgehead atoms. The smallest absolute Gasteiger partial charge is 0.132 e. The zero-order chi connectivity index (χ0) is 16.2. The first-order valence-electron chi connectivity index (χ1n) is 9.49. The Hall–Kier alpha value is -1.16. The summed E-state index contributed by atoms with van der Waals surface area (Å²) in [5.74, 6) is 2.83. The van der Waals surface area contributed by atoms with Crippen molar-refractivity contribution in [2.45, 2.75) is 65.3 Å². The quantitative estimate of drug-likeness (QED) is 0.852. The summed E-state index contributed by atoms with van der Waals surface area (Å²) in [6.07, 6.45) is 7.81. The zero-order valence-electron chi connectivity index (χ0n) is 15.1. The second-order valence-electron chi connectivity index (χ2n) is 7.41. The van der Waals surface area contributed by atoms with Crippen LogP contribution in [0.1, 0.15) is 57.5 Å². The van der Waals surface area contributed by atoms with Crippen molar-refractivity contribution in [3.8, 4) is 0 Å². The van der Waals surface area contributed by atoms with E-state index in [1.165, 1.54) is 50.9 Å². The Bertz CT molecular complexity index is 516. The molecule has 0 N–H and O–H groups in total. The second kappa shape index (κ2) is 7.61. The minimum Gasteiger partial charge on any atom is -0.356 e. The molecule has 1 aromatic rings. The van der Waals surface area contributed by atoms with Gasteiger partial charge in [-0.05, 0) is 58.4 Å². The van der Waals surface area contributed by atoms with Gasteiger partial charge in [0.15, 0.2) is 0 Å². The molecule has 2 atom stereocenters. The van der Waals surface area contributed by atoms with Crippen molar-refractivity contribution in [3.05, 3.63) is 17.6 Å². The average Bonchev–Trinajstić information content (AvgIpc) is 2.56. The van der Waals surface area contributed by atoms with Crippen molar-refractivity contribution >= 4 is 5.82 Å². The van der Waals surface area contributed by atoms with Crippen molar-refractivity contribution < 1.29 is 0 Å². The third kappa shape index (κ3) is 4.23. The van der Waals surface area contributed by atoms with Crippen LogP contribution in [0.15, 0.2) is 6.07 Å². The van der Waals surface area contributed by atoms with Crippen LogP contribution in [-0.4, -0.2) is 47.1 Å². The average molecular weight is 316 g/mol. The van der Waals surface area contributed by atoms with Gasteiger partial charge in [-0.2, -0.15) is 0 Å². The molecule has 2 saturated heterocycles. The summed E-state index contributed by atoms with van der Waals surface area (Å²) in [4.78, 5) is 14.4. The van der Waals surface area contributed by atoms with Crippen LogP contribution in [0.4, 0.5) is 5.82 Å². The highest BCUT2D eigenvalue weighted by Gasteiger charge is 2.26. The minimum atomic E-state index is 0.770. The molecule has 2 aliphatic rings. The predicted molar refractivity (Wildman–Crippen MR) is 96.0 cm³/mol. The molecule has 2 unspecified atom stereocenters. The number of nitrogens with zero attached hydrogens (tertiary/aromatic N) is 4. The van der Waals surface area contributed by atoms with Crippen molar-refractivity contribution in [3.63, 3.8) is 0 Å². The predicted octanol–water partition coefficient (Wildman–Crippen LogP) is 3.44. The maximum atomic E-state index is 4.70. The number of hydrogen-bond acceptors (Lipinski definition) is 4. The summed E-state index contributed by atoms with van der Waals surface area (Å²) in [5.41, 5.74) is 1.17. The van der Waals surface area contributed by atoms with Gasteiger partial charge in [-0.3, -0.25) is 0 Å². The van der Waals surface area contributed by atoms with Gasteiger partial charge in [-0.1, -0.05) is 13.3 Å². The molecule has 4 nitrogen and oxygen atoms in total. The fraction of sp³-hybridized carbons (Fsp3) is 0.789. The Balaban J connectivity index is 1.65. The van der Waals surface area contributed by atoms with Gasteiger partial charge < -0.3 is 9.80 Å². The molecule has 23 heavy (non-hydrogen) atoms. The molecule has 0 aliphatic carbocycles. The van der Waals surface area contributed by atoms with Gasteiger partial charge in [-0.15, -0.1) is 0 Å². The second-order valence-corrected chi connectivity index (χ2v) is 7.41. The number of piperidine rings is 2. The Morgan fingerprint density at radius 1 is 1.13 bits per heavy atom. The third-order valence-corrected chi connectivity index (χ3v) is 5.52. The molecule has 0 aromatic carbocycles. The number of anilines is 1. The fourth-order valence-corrected chi connectivity index (χ4v) is 4.14. The van der Waals surface area contributed by atoms with Gasteiger partial charge in [0.2, 0.25) is 0 Å². The molecule has 0 radical (unpaired) electrons. The highest BCUT2D eigenvalue weighted by molar-refractivity contribution is 5.40. The van der Waals surface area contributed by atoms with Gasteiger partial charge in [0.1, 0.15) is 11.6 Å². The standard InChI is InChI=1S/C19H32N4/c1-4-18-12-19(21-16(3)20-18)23-11-7-9-17(14-23)13-22-10-6-5-8-15(22)2/h12,15,17H,4-11,13-14H2,1-3H3. The van der Waals surface area contributed by atoms with E-state index in [9.17, 15) is 0 Å². The van der Waals surface area contributed by atoms with E-state index in [1.54, 1.807) is 0 Å². The summed E-state index contributed by atoms with van der Waals surface area (Å²) in [5, 5.41) is 0. The lowest BCUT2D eigenvalue weighted by molar-refractivity contribution is 0.130. The molecular formula is C19H32N4. The molecule has 0 saturated carbocycles. The molecule has 0 amide bonds. The van der Waals surface area contributed by atoms with E-state index < -0.39 is 0 Å². The first-order chi connectivity index (χ1) is 11.2. The van der Waals surface area contributed by atoms with E-state index in [0.29, 0.717) is 0 Å². The van der Waals surface area contributed by atoms with E-state index in [1.807, 2.05) is 6.92 Å². The van der Waals surface area contributed by atoms with Crippen molar-refractivity contribution in [1.82, 2.24) is 14.9 Å². The summed E-state index contributed by atoms with van der Waals surface area (Å²) in [6.45, 7) is 11.4. The van der Waals surface area contributed by atoms with Crippen LogP contribution in [0.25, 0.3) is 0 Å². The molecule has 2 fully saturated rings. The highest BCUT2D eigenvalue weighted by atomic mass is 15.2. The molecular weight excluding hydrogens is 284 g/mol. The topological polar surface area (TPSA) is 32.3 Å². The van der Waals surface area contributed by atoms with E-state index in [-0.39, 0.29) is 0 Å². The van der Waals surface area contributed by atoms with Crippen LogP contribution in [0.2, 0.25) is 0 Å². The Morgan fingerprint density at radius 3 is 2.78 bits per heavy atom. The monoisotopic (exact) mass is 316 g/mol. The van der Waals surface area contributed by atoms with Crippen LogP contribution >= 0.6 is 0 Å². The Labute approximate surface area is 141 Å². The molecule has 2 aliphatic heterocycles. The normalized spacial score (nSPS) is 26.5. The van der Waals surface area contributed by atoms with Crippen molar-refractivity contribution in [2.24, 2.45) is 5.92 Å².